The molecule has 0 saturated heterocycles. The molecule has 0 fully saturated rings. The van der Waals surface area contributed by atoms with Crippen LogP contribution >= 0.6 is 0 Å². The van der Waals surface area contributed by atoms with Gasteiger partial charge < -0.3 is 0 Å². The van der Waals surface area contributed by atoms with Crippen molar-refractivity contribution in [2.45, 2.75) is 0 Å². The molecule has 0 spiro atoms. The van der Waals surface area contributed by atoms with Crippen LogP contribution in [-0.2, 0) is 0 Å². The maximum atomic E-state index is 11.4. The first-order valence-electron chi connectivity index (χ1n) is 3.38. The van der Waals surface area contributed by atoms with Crippen LogP contribution < -0.4 is 0 Å². The second-order valence-corrected chi connectivity index (χ2v) is 2.22. The van der Waals surface area contributed by atoms with E-state index in [1.54, 1.807) is 24.8 Å². The van der Waals surface area contributed by atoms with E-state index in [4.69, 9.17) is 0 Å². The van der Waals surface area contributed by atoms with Crippen molar-refractivity contribution in [1.82, 2.24) is 19.1 Å². The molecule has 60 valence electrons. The Kier molecular flexibility index (Phi) is 1.48. The zero-order valence-electron chi connectivity index (χ0n) is 6.16. The van der Waals surface area contributed by atoms with Crippen molar-refractivity contribution >= 4 is 6.03 Å². The SMILES string of the molecule is O=[14C](n1ccnc1)n1ccnc1. The van der Waals surface area contributed by atoms with Crippen molar-refractivity contribution < 1.29 is 4.79 Å². The first-order valence-corrected chi connectivity index (χ1v) is 3.38. The number of rotatable bonds is 0. The van der Waals surface area contributed by atoms with Gasteiger partial charge in [0, 0.05) is 24.8 Å². The number of carbonyl (C=O) groups is 1. The van der Waals surface area contributed by atoms with Crippen LogP contribution in [0.15, 0.2) is 37.4 Å². The summed E-state index contributed by atoms with van der Waals surface area (Å²) in [6.45, 7) is 0. The maximum absolute atomic E-state index is 11.4. The zero-order valence-corrected chi connectivity index (χ0v) is 6.16. The molecule has 0 unspecified atom stereocenters. The fourth-order valence-electron chi connectivity index (χ4n) is 0.878. The Bertz CT molecular complexity index is 326. The van der Waals surface area contributed by atoms with Gasteiger partial charge >= 0.3 is 6.03 Å². The molecule has 0 radical (unpaired) electrons. The van der Waals surface area contributed by atoms with Gasteiger partial charge in [-0.05, 0) is 0 Å². The van der Waals surface area contributed by atoms with Crippen LogP contribution in [-0.4, -0.2) is 25.1 Å². The number of imidazole rings is 2. The van der Waals surface area contributed by atoms with Crippen molar-refractivity contribution in [2.75, 3.05) is 0 Å². The van der Waals surface area contributed by atoms with Gasteiger partial charge in [0.2, 0.25) is 0 Å². The van der Waals surface area contributed by atoms with Gasteiger partial charge in [-0.1, -0.05) is 0 Å². The summed E-state index contributed by atoms with van der Waals surface area (Å²) < 4.78 is 2.75. The van der Waals surface area contributed by atoms with Crippen molar-refractivity contribution in [1.29, 1.82) is 0 Å². The summed E-state index contributed by atoms with van der Waals surface area (Å²) in [5, 5.41) is 0. The predicted octanol–water partition coefficient (Wildman–Crippen LogP) is 0.596. The summed E-state index contributed by atoms with van der Waals surface area (Å²) in [5.41, 5.74) is 0. The highest BCUT2D eigenvalue weighted by atomic mass is 16.4. The molecular formula is C7H6N4O. The highest BCUT2D eigenvalue weighted by Gasteiger charge is 2.03. The lowest BCUT2D eigenvalue weighted by Gasteiger charge is -1.98. The number of hydrogen-bond acceptors (Lipinski definition) is 3. The normalized spacial score (nSPS) is 10.0. The molecule has 0 saturated carbocycles. The minimum Gasteiger partial charge on any atom is -0.257 e. The molecule has 0 aliphatic heterocycles. The molecule has 2 aromatic heterocycles. The van der Waals surface area contributed by atoms with E-state index >= 15 is 0 Å². The van der Waals surface area contributed by atoms with Crippen molar-refractivity contribution in [3.63, 3.8) is 0 Å². The average molecular weight is 164 g/mol. The van der Waals surface area contributed by atoms with Crippen LogP contribution in [0.3, 0.4) is 0 Å². The lowest BCUT2D eigenvalue weighted by atomic mass is 10.9. The quantitative estimate of drug-likeness (QED) is 0.572. The van der Waals surface area contributed by atoms with Crippen LogP contribution in [0.5, 0.6) is 0 Å². The lowest BCUT2D eigenvalue weighted by molar-refractivity contribution is 0.244. The molecule has 0 N–H and O–H groups in total. The van der Waals surface area contributed by atoms with E-state index < -0.39 is 0 Å². The number of nitrogens with zero attached hydrogens (tertiary/aromatic N) is 4. The fourth-order valence-corrected chi connectivity index (χ4v) is 0.878. The van der Waals surface area contributed by atoms with Crippen LogP contribution in [0.4, 0.5) is 4.79 Å². The molecule has 0 atom stereocenters. The van der Waals surface area contributed by atoms with Crippen molar-refractivity contribution in [3.8, 4) is 0 Å². The molecule has 5 nitrogen and oxygen atoms in total. The van der Waals surface area contributed by atoms with E-state index in [0.29, 0.717) is 0 Å². The molecule has 2 aromatic rings. The highest BCUT2D eigenvalue weighted by molar-refractivity contribution is 5.78. The molecule has 0 amide bonds. The maximum Gasteiger partial charge on any atom is 0.338 e. The topological polar surface area (TPSA) is 52.7 Å². The number of hydrogen-bond donors (Lipinski definition) is 0. The van der Waals surface area contributed by atoms with E-state index in [1.807, 2.05) is 0 Å². The molecular weight excluding hydrogens is 158 g/mol. The van der Waals surface area contributed by atoms with Gasteiger partial charge in [-0.15, -0.1) is 0 Å². The number of aromatic nitrogens is 4. The summed E-state index contributed by atoms with van der Waals surface area (Å²) in [6, 6.07) is -0.190. The summed E-state index contributed by atoms with van der Waals surface area (Å²) in [5.74, 6) is 0. The monoisotopic (exact) mass is 164 g/mol. The van der Waals surface area contributed by atoms with Gasteiger partial charge in [-0.2, -0.15) is 0 Å². The second-order valence-electron chi connectivity index (χ2n) is 2.22. The van der Waals surface area contributed by atoms with Crippen molar-refractivity contribution in [3.05, 3.63) is 37.4 Å². The molecule has 2 rings (SSSR count). The van der Waals surface area contributed by atoms with Crippen LogP contribution in [0, 0.1) is 0 Å². The first kappa shape index (κ1) is 6.78. The summed E-state index contributed by atoms with van der Waals surface area (Å²) in [4.78, 5) is 18.9. The predicted molar refractivity (Wildman–Crippen MR) is 40.6 cm³/mol. The molecule has 0 aliphatic carbocycles. The minimum atomic E-state index is -0.190. The third-order valence-electron chi connectivity index (χ3n) is 1.45. The standard InChI is InChI=1S/C7H6N4O/c12-7(10-3-1-8-5-10)11-4-2-9-6-11/h1-6H/i7+2. The molecule has 0 bridgehead atoms. The van der Waals surface area contributed by atoms with E-state index in [2.05, 4.69) is 9.97 Å². The van der Waals surface area contributed by atoms with Crippen molar-refractivity contribution in [2.24, 2.45) is 0 Å². The Labute approximate surface area is 68.3 Å². The van der Waals surface area contributed by atoms with Gasteiger partial charge in [0.25, 0.3) is 0 Å². The molecule has 2 heterocycles. The summed E-state index contributed by atoms with van der Waals surface area (Å²) in [6.07, 6.45) is 9.17. The zero-order chi connectivity index (χ0) is 8.39. The molecule has 0 aromatic carbocycles. The fraction of sp³-hybridized carbons (Fsp3) is 0. The lowest BCUT2D eigenvalue weighted by Crippen LogP contribution is -2.15. The Hall–Kier alpha value is -1.91. The van der Waals surface area contributed by atoms with E-state index in [0.717, 1.165) is 0 Å². The van der Waals surface area contributed by atoms with Gasteiger partial charge in [0.1, 0.15) is 12.7 Å². The van der Waals surface area contributed by atoms with E-state index in [-0.39, 0.29) is 6.03 Å². The Morgan fingerprint density at radius 2 is 1.50 bits per heavy atom. The van der Waals surface area contributed by atoms with Gasteiger partial charge in [-0.3, -0.25) is 9.13 Å². The van der Waals surface area contributed by atoms with Gasteiger partial charge in [0.15, 0.2) is 0 Å². The van der Waals surface area contributed by atoms with E-state index in [1.165, 1.54) is 21.8 Å². The Morgan fingerprint density at radius 3 is 1.83 bits per heavy atom. The third kappa shape index (κ3) is 1.01. The molecule has 12 heavy (non-hydrogen) atoms. The Balaban J connectivity index is 2.34. The largest absolute Gasteiger partial charge is 0.338 e. The van der Waals surface area contributed by atoms with Gasteiger partial charge in [-0.25, -0.2) is 14.8 Å². The number of carbonyl (C=O) groups excluding carboxylic acids is 1. The second kappa shape index (κ2) is 2.61. The summed E-state index contributed by atoms with van der Waals surface area (Å²) in [7, 11) is 0. The molecule has 5 heteroatoms. The van der Waals surface area contributed by atoms with E-state index in [9.17, 15) is 4.79 Å². The average Bonchev–Trinajstić information content (AvgIpc) is 2.77. The van der Waals surface area contributed by atoms with Crippen LogP contribution in [0.25, 0.3) is 0 Å². The van der Waals surface area contributed by atoms with Gasteiger partial charge in [0.05, 0.1) is 0 Å². The highest BCUT2D eigenvalue weighted by Crippen LogP contribution is 1.91. The third-order valence-corrected chi connectivity index (χ3v) is 1.45. The Morgan fingerprint density at radius 1 is 1.00 bits per heavy atom. The van der Waals surface area contributed by atoms with Crippen LogP contribution in [0.1, 0.15) is 0 Å². The summed E-state index contributed by atoms with van der Waals surface area (Å²) >= 11 is 0. The molecule has 0 aliphatic rings. The van der Waals surface area contributed by atoms with Crippen LogP contribution in [0.2, 0.25) is 0 Å². The first-order chi connectivity index (χ1) is 5.88. The minimum absolute atomic E-state index is 0.190. The smallest absolute Gasteiger partial charge is 0.257 e.